The highest BCUT2D eigenvalue weighted by Gasteiger charge is 2.16. The zero-order chi connectivity index (χ0) is 15.0. The molecule has 0 saturated heterocycles. The van der Waals surface area contributed by atoms with Gasteiger partial charge >= 0.3 is 0 Å². The molecule has 0 radical (unpaired) electrons. The first-order valence-electron chi connectivity index (χ1n) is 7.13. The van der Waals surface area contributed by atoms with Gasteiger partial charge in [-0.3, -0.25) is 0 Å². The number of pyridine rings is 1. The molecule has 0 unspecified atom stereocenters. The lowest BCUT2D eigenvalue weighted by Crippen LogP contribution is -2.25. The first-order chi connectivity index (χ1) is 9.43. The van der Waals surface area contributed by atoms with Crippen LogP contribution < -0.4 is 10.5 Å². The summed E-state index contributed by atoms with van der Waals surface area (Å²) in [4.78, 5) is 3.84. The molecule has 0 atom stereocenters. The number of unbranched alkanes of at least 4 members (excludes halogenated alkanes) is 3. The summed E-state index contributed by atoms with van der Waals surface area (Å²) in [5.74, 6) is 0.777. The molecule has 1 rings (SSSR count). The summed E-state index contributed by atoms with van der Waals surface area (Å²) >= 11 is 0. The van der Waals surface area contributed by atoms with Crippen molar-refractivity contribution in [3.63, 3.8) is 0 Å². The molecule has 0 fully saturated rings. The van der Waals surface area contributed by atoms with E-state index < -0.39 is 10.0 Å². The highest BCUT2D eigenvalue weighted by Crippen LogP contribution is 2.14. The van der Waals surface area contributed by atoms with Crippen LogP contribution in [0.4, 0.5) is 5.82 Å². The number of rotatable bonds is 9. The van der Waals surface area contributed by atoms with Gasteiger partial charge in [-0.15, -0.1) is 0 Å². The van der Waals surface area contributed by atoms with Gasteiger partial charge in [0.2, 0.25) is 10.0 Å². The number of nitrogens with two attached hydrogens (primary N) is 1. The van der Waals surface area contributed by atoms with Gasteiger partial charge in [-0.2, -0.15) is 0 Å². The van der Waals surface area contributed by atoms with E-state index in [1.807, 2.05) is 0 Å². The molecule has 0 spiro atoms. The number of nitrogens with zero attached hydrogens (tertiary/aromatic N) is 1. The molecule has 1 heterocycles. The standard InChI is InChI=1S/C14H25N3O2S/c1-12(2)8-5-3-4-6-11-17-20(18,19)13-9-7-10-16-14(13)15/h7,9-10,12,17H,3-6,8,11H2,1-2H3,(H2,15,16). The third kappa shape index (κ3) is 5.88. The Morgan fingerprint density at radius 3 is 2.60 bits per heavy atom. The second-order valence-electron chi connectivity index (χ2n) is 5.38. The maximum atomic E-state index is 12.0. The largest absolute Gasteiger partial charge is 0.383 e. The van der Waals surface area contributed by atoms with Crippen molar-refractivity contribution in [2.45, 2.75) is 50.8 Å². The summed E-state index contributed by atoms with van der Waals surface area (Å²) in [7, 11) is -3.53. The van der Waals surface area contributed by atoms with Crippen molar-refractivity contribution in [2.24, 2.45) is 5.92 Å². The lowest BCUT2D eigenvalue weighted by atomic mass is 10.0. The molecule has 0 aliphatic heterocycles. The van der Waals surface area contributed by atoms with Crippen molar-refractivity contribution in [3.05, 3.63) is 18.3 Å². The molecule has 1 aromatic rings. The van der Waals surface area contributed by atoms with Crippen LogP contribution in [0.5, 0.6) is 0 Å². The normalized spacial score (nSPS) is 11.9. The molecule has 0 bridgehead atoms. The van der Waals surface area contributed by atoms with Gasteiger partial charge in [-0.05, 0) is 24.5 Å². The first kappa shape index (κ1) is 16.9. The number of hydrogen-bond donors (Lipinski definition) is 2. The maximum absolute atomic E-state index is 12.0. The second-order valence-corrected chi connectivity index (χ2v) is 7.12. The fraction of sp³-hybridized carbons (Fsp3) is 0.643. The molecule has 20 heavy (non-hydrogen) atoms. The van der Waals surface area contributed by atoms with E-state index in [4.69, 9.17) is 5.73 Å². The number of sulfonamides is 1. The van der Waals surface area contributed by atoms with Crippen LogP contribution in [0.3, 0.4) is 0 Å². The van der Waals surface area contributed by atoms with Crippen molar-refractivity contribution < 1.29 is 8.42 Å². The Balaban J connectivity index is 2.29. The fourth-order valence-corrected chi connectivity index (χ4v) is 3.10. The Morgan fingerprint density at radius 1 is 1.25 bits per heavy atom. The number of aromatic nitrogens is 1. The molecule has 5 nitrogen and oxygen atoms in total. The lowest BCUT2D eigenvalue weighted by Gasteiger charge is -2.08. The third-order valence-corrected chi connectivity index (χ3v) is 4.60. The zero-order valence-electron chi connectivity index (χ0n) is 12.3. The Morgan fingerprint density at radius 2 is 1.95 bits per heavy atom. The molecule has 114 valence electrons. The number of nitrogen functional groups attached to an aromatic ring is 1. The van der Waals surface area contributed by atoms with Crippen molar-refractivity contribution in [1.29, 1.82) is 0 Å². The quantitative estimate of drug-likeness (QED) is 0.686. The third-order valence-electron chi connectivity index (χ3n) is 3.09. The molecular formula is C14H25N3O2S. The Hall–Kier alpha value is -1.14. The molecule has 3 N–H and O–H groups in total. The smallest absolute Gasteiger partial charge is 0.244 e. The number of nitrogens with one attached hydrogen (secondary N) is 1. The molecule has 0 aliphatic carbocycles. The van der Waals surface area contributed by atoms with Gasteiger partial charge in [0.25, 0.3) is 0 Å². The van der Waals surface area contributed by atoms with Crippen molar-refractivity contribution in [3.8, 4) is 0 Å². The predicted octanol–water partition coefficient (Wildman–Crippen LogP) is 2.55. The van der Waals surface area contributed by atoms with Gasteiger partial charge in [-0.1, -0.05) is 39.5 Å². The fourth-order valence-electron chi connectivity index (χ4n) is 1.95. The monoisotopic (exact) mass is 299 g/mol. The van der Waals surface area contributed by atoms with Gasteiger partial charge < -0.3 is 5.73 Å². The van der Waals surface area contributed by atoms with Crippen LogP contribution in [0.15, 0.2) is 23.2 Å². The molecule has 0 aliphatic rings. The van der Waals surface area contributed by atoms with E-state index in [9.17, 15) is 8.42 Å². The summed E-state index contributed by atoms with van der Waals surface area (Å²) in [5, 5.41) is 0. The molecule has 1 aromatic heterocycles. The second kappa shape index (κ2) is 8.21. The number of hydrogen-bond acceptors (Lipinski definition) is 4. The summed E-state index contributed by atoms with van der Waals surface area (Å²) in [6.45, 7) is 4.87. The van der Waals surface area contributed by atoms with E-state index in [1.54, 1.807) is 6.07 Å². The molecule has 0 aromatic carbocycles. The molecule has 6 heteroatoms. The zero-order valence-corrected chi connectivity index (χ0v) is 13.1. The summed E-state index contributed by atoms with van der Waals surface area (Å²) in [6.07, 6.45) is 6.95. The SMILES string of the molecule is CC(C)CCCCCCNS(=O)(=O)c1cccnc1N. The van der Waals surface area contributed by atoms with Crippen LogP contribution in [0.2, 0.25) is 0 Å². The molecular weight excluding hydrogens is 274 g/mol. The number of anilines is 1. The van der Waals surface area contributed by atoms with Gasteiger partial charge in [0.15, 0.2) is 0 Å². The minimum atomic E-state index is -3.53. The average Bonchev–Trinajstić information content (AvgIpc) is 2.37. The van der Waals surface area contributed by atoms with Gasteiger partial charge in [0.1, 0.15) is 10.7 Å². The van der Waals surface area contributed by atoms with Crippen LogP contribution >= 0.6 is 0 Å². The van der Waals surface area contributed by atoms with Crippen LogP contribution in [0, 0.1) is 5.92 Å². The van der Waals surface area contributed by atoms with E-state index in [0.29, 0.717) is 6.54 Å². The van der Waals surface area contributed by atoms with E-state index in [-0.39, 0.29) is 10.7 Å². The van der Waals surface area contributed by atoms with Crippen LogP contribution in [0.1, 0.15) is 46.0 Å². The van der Waals surface area contributed by atoms with E-state index >= 15 is 0 Å². The molecule has 0 amide bonds. The minimum absolute atomic E-state index is 0.0388. The topological polar surface area (TPSA) is 85.1 Å². The predicted molar refractivity (Wildman–Crippen MR) is 81.8 cm³/mol. The highest BCUT2D eigenvalue weighted by atomic mass is 32.2. The van der Waals surface area contributed by atoms with Gasteiger partial charge in [0.05, 0.1) is 0 Å². The summed E-state index contributed by atoms with van der Waals surface area (Å²) in [6, 6.07) is 3.03. The van der Waals surface area contributed by atoms with Crippen molar-refractivity contribution in [1.82, 2.24) is 9.71 Å². The van der Waals surface area contributed by atoms with Crippen molar-refractivity contribution >= 4 is 15.8 Å². The van der Waals surface area contributed by atoms with Crippen LogP contribution in [0.25, 0.3) is 0 Å². The van der Waals surface area contributed by atoms with E-state index in [1.165, 1.54) is 25.1 Å². The van der Waals surface area contributed by atoms with Gasteiger partial charge in [0, 0.05) is 12.7 Å². The Labute approximate surface area is 122 Å². The van der Waals surface area contributed by atoms with Crippen LogP contribution in [-0.2, 0) is 10.0 Å². The van der Waals surface area contributed by atoms with Gasteiger partial charge in [-0.25, -0.2) is 18.1 Å². The highest BCUT2D eigenvalue weighted by molar-refractivity contribution is 7.89. The summed E-state index contributed by atoms with van der Waals surface area (Å²) in [5.41, 5.74) is 5.57. The van der Waals surface area contributed by atoms with Crippen molar-refractivity contribution in [2.75, 3.05) is 12.3 Å². The first-order valence-corrected chi connectivity index (χ1v) is 8.62. The Bertz CT molecular complexity index is 501. The van der Waals surface area contributed by atoms with E-state index in [2.05, 4.69) is 23.6 Å². The van der Waals surface area contributed by atoms with E-state index in [0.717, 1.165) is 25.2 Å². The average molecular weight is 299 g/mol. The van der Waals surface area contributed by atoms with Crippen LogP contribution in [-0.4, -0.2) is 19.9 Å². The summed E-state index contributed by atoms with van der Waals surface area (Å²) < 4.78 is 26.6. The maximum Gasteiger partial charge on any atom is 0.244 e. The molecule has 0 saturated carbocycles. The lowest BCUT2D eigenvalue weighted by molar-refractivity contribution is 0.517. The Kier molecular flexibility index (Phi) is 6.95. The minimum Gasteiger partial charge on any atom is -0.383 e.